The number of hydrogen-bond acceptors (Lipinski definition) is 5. The molecule has 0 saturated heterocycles. The van der Waals surface area contributed by atoms with Gasteiger partial charge in [-0.2, -0.15) is 4.98 Å². The third-order valence-electron chi connectivity index (χ3n) is 2.79. The van der Waals surface area contributed by atoms with Gasteiger partial charge in [-0.15, -0.1) is 0 Å². The molecular formula is C14H11ClN4S. The third-order valence-corrected chi connectivity index (χ3v) is 4.36. The van der Waals surface area contributed by atoms with Crippen LogP contribution in [0, 0.1) is 0 Å². The third kappa shape index (κ3) is 2.37. The molecule has 4 N–H and O–H groups in total. The van der Waals surface area contributed by atoms with Crippen LogP contribution in [0.2, 0.25) is 5.02 Å². The number of nitrogen functional groups attached to an aromatic ring is 2. The topological polar surface area (TPSA) is 77.8 Å². The van der Waals surface area contributed by atoms with Crippen molar-refractivity contribution in [2.75, 3.05) is 11.5 Å². The molecule has 100 valence electrons. The number of anilines is 2. The summed E-state index contributed by atoms with van der Waals surface area (Å²) in [4.78, 5) is 10.1. The maximum Gasteiger partial charge on any atom is 0.222 e. The van der Waals surface area contributed by atoms with Crippen LogP contribution in [0.3, 0.4) is 0 Å². The smallest absolute Gasteiger partial charge is 0.222 e. The van der Waals surface area contributed by atoms with Crippen LogP contribution < -0.4 is 11.5 Å². The molecule has 0 saturated carbocycles. The minimum atomic E-state index is 0.176. The van der Waals surface area contributed by atoms with E-state index in [2.05, 4.69) is 9.97 Å². The summed E-state index contributed by atoms with van der Waals surface area (Å²) in [6, 6.07) is 13.4. The number of nitrogens with two attached hydrogens (primary N) is 2. The molecule has 0 aliphatic carbocycles. The quantitative estimate of drug-likeness (QED) is 0.756. The van der Waals surface area contributed by atoms with E-state index in [-0.39, 0.29) is 5.95 Å². The Bertz CT molecular complexity index is 791. The number of hydrogen-bond donors (Lipinski definition) is 2. The lowest BCUT2D eigenvalue weighted by atomic mass is 10.2. The molecule has 0 aliphatic rings. The first-order valence-corrected chi connectivity index (χ1v) is 7.08. The SMILES string of the molecule is Nc1nc(N)c2c(Sc3ccccc3Cl)cccc2n1. The fourth-order valence-electron chi connectivity index (χ4n) is 1.93. The molecule has 0 atom stereocenters. The molecular weight excluding hydrogens is 292 g/mol. The average molecular weight is 303 g/mol. The molecule has 0 unspecified atom stereocenters. The first-order valence-electron chi connectivity index (χ1n) is 5.89. The van der Waals surface area contributed by atoms with Gasteiger partial charge in [0.05, 0.1) is 15.9 Å². The van der Waals surface area contributed by atoms with Gasteiger partial charge >= 0.3 is 0 Å². The number of benzene rings is 2. The summed E-state index contributed by atoms with van der Waals surface area (Å²) in [6.07, 6.45) is 0. The average Bonchev–Trinajstić information content (AvgIpc) is 2.41. The van der Waals surface area contributed by atoms with Gasteiger partial charge in [0.15, 0.2) is 0 Å². The van der Waals surface area contributed by atoms with Crippen LogP contribution in [0.1, 0.15) is 0 Å². The minimum absolute atomic E-state index is 0.176. The predicted octanol–water partition coefficient (Wildman–Crippen LogP) is 3.60. The maximum atomic E-state index is 6.19. The van der Waals surface area contributed by atoms with E-state index in [4.69, 9.17) is 23.1 Å². The molecule has 0 radical (unpaired) electrons. The van der Waals surface area contributed by atoms with Crippen molar-refractivity contribution < 1.29 is 0 Å². The lowest BCUT2D eigenvalue weighted by molar-refractivity contribution is 1.23. The van der Waals surface area contributed by atoms with Gasteiger partial charge in [0.1, 0.15) is 5.82 Å². The first-order chi connectivity index (χ1) is 9.65. The van der Waals surface area contributed by atoms with Crippen molar-refractivity contribution in [3.63, 3.8) is 0 Å². The van der Waals surface area contributed by atoms with E-state index in [1.54, 1.807) is 0 Å². The van der Waals surface area contributed by atoms with E-state index in [1.807, 2.05) is 42.5 Å². The molecule has 0 spiro atoms. The zero-order valence-electron chi connectivity index (χ0n) is 10.4. The van der Waals surface area contributed by atoms with E-state index in [0.717, 1.165) is 20.7 Å². The molecule has 2 aromatic carbocycles. The Morgan fingerprint density at radius 2 is 1.65 bits per heavy atom. The molecule has 1 aromatic heterocycles. The van der Waals surface area contributed by atoms with Gasteiger partial charge < -0.3 is 11.5 Å². The van der Waals surface area contributed by atoms with E-state index < -0.39 is 0 Å². The Morgan fingerprint density at radius 3 is 2.45 bits per heavy atom. The zero-order chi connectivity index (χ0) is 14.1. The molecule has 1 heterocycles. The monoisotopic (exact) mass is 302 g/mol. The lowest BCUT2D eigenvalue weighted by Gasteiger charge is -2.09. The van der Waals surface area contributed by atoms with Gasteiger partial charge in [0, 0.05) is 9.79 Å². The number of nitrogens with zero attached hydrogens (tertiary/aromatic N) is 2. The van der Waals surface area contributed by atoms with E-state index in [1.165, 1.54) is 11.8 Å². The number of rotatable bonds is 2. The second kappa shape index (κ2) is 5.19. The molecule has 0 amide bonds. The van der Waals surface area contributed by atoms with Crippen LogP contribution in [0.15, 0.2) is 52.3 Å². The van der Waals surface area contributed by atoms with Gasteiger partial charge in [-0.1, -0.05) is 41.6 Å². The Balaban J connectivity index is 2.15. The highest BCUT2D eigenvalue weighted by Crippen LogP contribution is 2.38. The van der Waals surface area contributed by atoms with Gasteiger partial charge in [-0.05, 0) is 24.3 Å². The van der Waals surface area contributed by atoms with Crippen LogP contribution in [-0.4, -0.2) is 9.97 Å². The molecule has 6 heteroatoms. The van der Waals surface area contributed by atoms with Gasteiger partial charge in [0.25, 0.3) is 0 Å². The number of halogens is 1. The van der Waals surface area contributed by atoms with Crippen LogP contribution in [-0.2, 0) is 0 Å². The Morgan fingerprint density at radius 1 is 0.900 bits per heavy atom. The lowest BCUT2D eigenvalue weighted by Crippen LogP contribution is -2.01. The highest BCUT2D eigenvalue weighted by molar-refractivity contribution is 7.99. The van der Waals surface area contributed by atoms with Crippen molar-refractivity contribution in [1.29, 1.82) is 0 Å². The van der Waals surface area contributed by atoms with Crippen LogP contribution in [0.25, 0.3) is 10.9 Å². The second-order valence-electron chi connectivity index (χ2n) is 4.15. The molecule has 0 fully saturated rings. The molecule has 3 aromatic rings. The summed E-state index contributed by atoms with van der Waals surface area (Å²) < 4.78 is 0. The van der Waals surface area contributed by atoms with Crippen LogP contribution in [0.5, 0.6) is 0 Å². The molecule has 20 heavy (non-hydrogen) atoms. The van der Waals surface area contributed by atoms with Crippen molar-refractivity contribution in [3.05, 3.63) is 47.5 Å². The second-order valence-corrected chi connectivity index (χ2v) is 5.64. The summed E-state index contributed by atoms with van der Waals surface area (Å²) >= 11 is 7.72. The number of aromatic nitrogens is 2. The van der Waals surface area contributed by atoms with Gasteiger partial charge in [-0.3, -0.25) is 0 Å². The Kier molecular flexibility index (Phi) is 3.38. The highest BCUT2D eigenvalue weighted by atomic mass is 35.5. The standard InChI is InChI=1S/C14H11ClN4S/c15-8-4-1-2-6-10(8)20-11-7-3-5-9-12(11)13(16)19-14(17)18-9/h1-7H,(H4,16,17,18,19). The fraction of sp³-hybridized carbons (Fsp3) is 0. The largest absolute Gasteiger partial charge is 0.383 e. The summed E-state index contributed by atoms with van der Waals surface area (Å²) in [5, 5.41) is 1.50. The minimum Gasteiger partial charge on any atom is -0.383 e. The Labute approximate surface area is 125 Å². The van der Waals surface area contributed by atoms with Crippen molar-refractivity contribution in [3.8, 4) is 0 Å². The predicted molar refractivity (Wildman–Crippen MR) is 83.9 cm³/mol. The molecule has 3 rings (SSSR count). The van der Waals surface area contributed by atoms with Gasteiger partial charge in [0.2, 0.25) is 5.95 Å². The van der Waals surface area contributed by atoms with Crippen molar-refractivity contribution >= 4 is 46.0 Å². The highest BCUT2D eigenvalue weighted by Gasteiger charge is 2.10. The molecule has 0 aliphatic heterocycles. The van der Waals surface area contributed by atoms with E-state index in [0.29, 0.717) is 10.8 Å². The summed E-state index contributed by atoms with van der Waals surface area (Å²) in [5.74, 6) is 0.553. The van der Waals surface area contributed by atoms with Crippen LogP contribution >= 0.6 is 23.4 Å². The van der Waals surface area contributed by atoms with E-state index >= 15 is 0 Å². The summed E-state index contributed by atoms with van der Waals surface area (Å²) in [6.45, 7) is 0. The van der Waals surface area contributed by atoms with Crippen molar-refractivity contribution in [2.45, 2.75) is 9.79 Å². The summed E-state index contributed by atoms with van der Waals surface area (Å²) in [7, 11) is 0. The normalized spacial score (nSPS) is 10.8. The maximum absolute atomic E-state index is 6.19. The van der Waals surface area contributed by atoms with Gasteiger partial charge in [-0.25, -0.2) is 4.98 Å². The zero-order valence-corrected chi connectivity index (χ0v) is 11.9. The first kappa shape index (κ1) is 13.0. The fourth-order valence-corrected chi connectivity index (χ4v) is 3.19. The molecule has 4 nitrogen and oxygen atoms in total. The van der Waals surface area contributed by atoms with Crippen molar-refractivity contribution in [1.82, 2.24) is 9.97 Å². The number of fused-ring (bicyclic) bond motifs is 1. The van der Waals surface area contributed by atoms with Crippen LogP contribution in [0.4, 0.5) is 11.8 Å². The molecule has 0 bridgehead atoms. The Hall–Kier alpha value is -1.98. The van der Waals surface area contributed by atoms with Crippen molar-refractivity contribution in [2.24, 2.45) is 0 Å². The van der Waals surface area contributed by atoms with E-state index in [9.17, 15) is 0 Å². The summed E-state index contributed by atoms with van der Waals surface area (Å²) in [5.41, 5.74) is 12.3.